The van der Waals surface area contributed by atoms with Gasteiger partial charge in [0.1, 0.15) is 6.61 Å². The van der Waals surface area contributed by atoms with Gasteiger partial charge in [-0.05, 0) is 20.8 Å². The van der Waals surface area contributed by atoms with Crippen molar-refractivity contribution in [2.75, 3.05) is 31.5 Å². The van der Waals surface area contributed by atoms with Gasteiger partial charge in [-0.3, -0.25) is 9.59 Å². The number of halogens is 2. The third-order valence-corrected chi connectivity index (χ3v) is 3.96. The van der Waals surface area contributed by atoms with Gasteiger partial charge >= 0.3 is 6.09 Å². The smallest absolute Gasteiger partial charge is 0.410 e. The van der Waals surface area contributed by atoms with E-state index in [1.165, 1.54) is 4.90 Å². The molecule has 1 aliphatic carbocycles. The van der Waals surface area contributed by atoms with E-state index in [0.29, 0.717) is 29.8 Å². The summed E-state index contributed by atoms with van der Waals surface area (Å²) in [6.07, 6.45) is -0.606. The maximum Gasteiger partial charge on any atom is 0.410 e. The Morgan fingerprint density at radius 1 is 0.955 bits per heavy atom. The van der Waals surface area contributed by atoms with Crippen molar-refractivity contribution in [3.05, 3.63) is 22.3 Å². The molecule has 0 aromatic carbocycles. The molecule has 0 saturated carbocycles. The second kappa shape index (κ2) is 8.34. The number of hydrogen-bond acceptors (Lipinski definition) is 4. The number of ketones is 2. The van der Waals surface area contributed by atoms with E-state index in [4.69, 9.17) is 27.9 Å². The van der Waals surface area contributed by atoms with Crippen molar-refractivity contribution in [1.82, 2.24) is 4.90 Å². The van der Waals surface area contributed by atoms with Crippen molar-refractivity contribution < 1.29 is 19.1 Å². The topological polar surface area (TPSA) is 63.7 Å². The number of carbonyl (C=O) groups is 3. The van der Waals surface area contributed by atoms with E-state index in [0.717, 1.165) is 0 Å². The summed E-state index contributed by atoms with van der Waals surface area (Å²) in [6.45, 7) is 5.14. The van der Waals surface area contributed by atoms with Crippen LogP contribution in [0.15, 0.2) is 22.3 Å². The highest BCUT2D eigenvalue weighted by Gasteiger charge is 2.28. The van der Waals surface area contributed by atoms with Crippen LogP contribution in [0.4, 0.5) is 4.79 Å². The molecule has 0 aliphatic heterocycles. The Balaban J connectivity index is 2.80. The number of amides is 1. The van der Waals surface area contributed by atoms with E-state index in [-0.39, 0.29) is 35.5 Å². The number of alkyl halides is 2. The maximum absolute atomic E-state index is 12.2. The minimum atomic E-state index is -0.606. The Hall–Kier alpha value is -1.33. The van der Waals surface area contributed by atoms with Crippen LogP contribution in [0.5, 0.6) is 0 Å². The standard InChI is InChI=1S/C15H19Cl2NO4/c1-9-10(2)14(20)12(11(3)13(9)19)8-22-15(21)18(6-4-16)7-5-17/h4-8H2,1-3H3. The summed E-state index contributed by atoms with van der Waals surface area (Å²) in [7, 11) is 0. The van der Waals surface area contributed by atoms with Gasteiger partial charge in [0.15, 0.2) is 11.6 Å². The molecule has 1 rings (SSSR count). The van der Waals surface area contributed by atoms with Crippen LogP contribution in [0.1, 0.15) is 20.8 Å². The average Bonchev–Trinajstić information content (AvgIpc) is 2.50. The molecule has 0 heterocycles. The zero-order valence-electron chi connectivity index (χ0n) is 12.9. The fourth-order valence-corrected chi connectivity index (χ4v) is 2.46. The van der Waals surface area contributed by atoms with Crippen LogP contribution >= 0.6 is 23.2 Å². The third-order valence-electron chi connectivity index (χ3n) is 3.62. The van der Waals surface area contributed by atoms with Crippen molar-refractivity contribution >= 4 is 40.9 Å². The third kappa shape index (κ3) is 4.11. The van der Waals surface area contributed by atoms with E-state index >= 15 is 0 Å². The normalized spacial score (nSPS) is 15.5. The van der Waals surface area contributed by atoms with E-state index in [9.17, 15) is 14.4 Å². The molecule has 122 valence electrons. The summed E-state index contributed by atoms with van der Waals surface area (Å²) in [5, 5.41) is 0. The van der Waals surface area contributed by atoms with Gasteiger partial charge in [-0.1, -0.05) is 0 Å². The van der Waals surface area contributed by atoms with Gasteiger partial charge in [-0.2, -0.15) is 0 Å². The molecule has 22 heavy (non-hydrogen) atoms. The summed E-state index contributed by atoms with van der Waals surface area (Å²) >= 11 is 11.2. The first-order valence-electron chi connectivity index (χ1n) is 6.85. The van der Waals surface area contributed by atoms with Gasteiger partial charge in [-0.25, -0.2) is 4.79 Å². The van der Waals surface area contributed by atoms with Crippen molar-refractivity contribution in [2.45, 2.75) is 20.8 Å². The van der Waals surface area contributed by atoms with Gasteiger partial charge in [0.2, 0.25) is 0 Å². The lowest BCUT2D eigenvalue weighted by Gasteiger charge is -2.22. The molecule has 0 aromatic rings. The molecule has 0 radical (unpaired) electrons. The molecule has 5 nitrogen and oxygen atoms in total. The van der Waals surface area contributed by atoms with Gasteiger partial charge < -0.3 is 9.64 Å². The fourth-order valence-electron chi connectivity index (χ4n) is 2.05. The minimum absolute atomic E-state index is 0.193. The molecule has 1 aliphatic rings. The van der Waals surface area contributed by atoms with Crippen LogP contribution in [-0.4, -0.2) is 54.0 Å². The molecule has 0 spiro atoms. The second-order valence-corrected chi connectivity index (χ2v) is 5.69. The van der Waals surface area contributed by atoms with Crippen molar-refractivity contribution in [3.8, 4) is 0 Å². The summed E-state index contributed by atoms with van der Waals surface area (Å²) in [4.78, 5) is 37.6. The fraction of sp³-hybridized carbons (Fsp3) is 0.533. The summed E-state index contributed by atoms with van der Waals surface area (Å²) in [6, 6.07) is 0. The van der Waals surface area contributed by atoms with Crippen molar-refractivity contribution in [2.24, 2.45) is 0 Å². The quantitative estimate of drug-likeness (QED) is 0.547. The predicted octanol–water partition coefficient (Wildman–Crippen LogP) is 2.71. The van der Waals surface area contributed by atoms with Gasteiger partial charge in [0.25, 0.3) is 0 Å². The number of allylic oxidation sites excluding steroid dienone is 3. The molecule has 0 saturated heterocycles. The lowest BCUT2D eigenvalue weighted by atomic mass is 9.86. The average molecular weight is 348 g/mol. The van der Waals surface area contributed by atoms with Crippen molar-refractivity contribution in [1.29, 1.82) is 0 Å². The lowest BCUT2D eigenvalue weighted by molar-refractivity contribution is -0.116. The maximum atomic E-state index is 12.2. The molecule has 0 N–H and O–H groups in total. The SMILES string of the molecule is CC1=C(C)C(=O)C(COC(=O)N(CCCl)CCCl)=C(C)C1=O. The Morgan fingerprint density at radius 3 is 1.95 bits per heavy atom. The number of rotatable bonds is 6. The first-order chi connectivity index (χ1) is 10.3. The molecule has 7 heteroatoms. The Labute approximate surface area is 139 Å². The Bertz CT molecular complexity index is 546. The van der Waals surface area contributed by atoms with Crippen LogP contribution in [0.2, 0.25) is 0 Å². The largest absolute Gasteiger partial charge is 0.444 e. The lowest BCUT2D eigenvalue weighted by Crippen LogP contribution is -2.36. The van der Waals surface area contributed by atoms with E-state index in [2.05, 4.69) is 0 Å². The molecule has 0 aromatic heterocycles. The molecule has 0 atom stereocenters. The van der Waals surface area contributed by atoms with E-state index in [1.807, 2.05) is 0 Å². The number of carbonyl (C=O) groups excluding carboxylic acids is 3. The van der Waals surface area contributed by atoms with Crippen LogP contribution in [-0.2, 0) is 14.3 Å². The van der Waals surface area contributed by atoms with E-state index in [1.54, 1.807) is 20.8 Å². The van der Waals surface area contributed by atoms with Crippen molar-refractivity contribution in [3.63, 3.8) is 0 Å². The molecule has 1 amide bonds. The first kappa shape index (κ1) is 18.7. The van der Waals surface area contributed by atoms with E-state index < -0.39 is 6.09 Å². The first-order valence-corrected chi connectivity index (χ1v) is 7.92. The number of nitrogens with zero attached hydrogens (tertiary/aromatic N) is 1. The molecular weight excluding hydrogens is 329 g/mol. The highest BCUT2D eigenvalue weighted by molar-refractivity contribution is 6.24. The van der Waals surface area contributed by atoms with Crippen LogP contribution in [0.25, 0.3) is 0 Å². The van der Waals surface area contributed by atoms with Gasteiger partial charge in [0.05, 0.1) is 0 Å². The zero-order chi connectivity index (χ0) is 16.9. The van der Waals surface area contributed by atoms with Gasteiger partial charge in [0, 0.05) is 47.1 Å². The number of Topliss-reactive ketones (excluding diaryl/α,β-unsaturated/α-hetero) is 2. The molecule has 0 fully saturated rings. The second-order valence-electron chi connectivity index (χ2n) is 4.93. The van der Waals surface area contributed by atoms with Crippen LogP contribution < -0.4 is 0 Å². The number of hydrogen-bond donors (Lipinski definition) is 0. The Kier molecular flexibility index (Phi) is 7.10. The van der Waals surface area contributed by atoms with Crippen LogP contribution in [0.3, 0.4) is 0 Å². The van der Waals surface area contributed by atoms with Crippen LogP contribution in [0, 0.1) is 0 Å². The highest BCUT2D eigenvalue weighted by Crippen LogP contribution is 2.24. The summed E-state index contributed by atoms with van der Waals surface area (Å²) in [5.74, 6) is 0.0587. The minimum Gasteiger partial charge on any atom is -0.444 e. The molecule has 0 bridgehead atoms. The number of ether oxygens (including phenoxy) is 1. The summed E-state index contributed by atoms with van der Waals surface area (Å²) < 4.78 is 5.14. The van der Waals surface area contributed by atoms with Gasteiger partial charge in [-0.15, -0.1) is 23.2 Å². The monoisotopic (exact) mass is 347 g/mol. The molecule has 0 unspecified atom stereocenters. The highest BCUT2D eigenvalue weighted by atomic mass is 35.5. The summed E-state index contributed by atoms with van der Waals surface area (Å²) in [5.41, 5.74) is 1.36. The zero-order valence-corrected chi connectivity index (χ0v) is 14.4. The predicted molar refractivity (Wildman–Crippen MR) is 85.4 cm³/mol. The molecular formula is C15H19Cl2NO4. The Morgan fingerprint density at radius 2 is 1.45 bits per heavy atom.